The smallest absolute Gasteiger partial charge is 0.312 e. The van der Waals surface area contributed by atoms with Crippen LogP contribution in [0.15, 0.2) is 18.3 Å². The van der Waals surface area contributed by atoms with E-state index in [9.17, 15) is 14.9 Å². The molecule has 0 saturated heterocycles. The third kappa shape index (κ3) is 2.28. The second kappa shape index (κ2) is 4.50. The van der Waals surface area contributed by atoms with Crippen molar-refractivity contribution in [1.29, 1.82) is 0 Å². The zero-order chi connectivity index (χ0) is 11.4. The van der Waals surface area contributed by atoms with Crippen LogP contribution in [0.3, 0.4) is 0 Å². The Morgan fingerprint density at radius 3 is 2.87 bits per heavy atom. The van der Waals surface area contributed by atoms with Gasteiger partial charge in [-0.15, -0.1) is 0 Å². The maximum Gasteiger partial charge on any atom is 0.312 e. The van der Waals surface area contributed by atoms with Gasteiger partial charge in [0.15, 0.2) is 0 Å². The van der Waals surface area contributed by atoms with Gasteiger partial charge in [-0.1, -0.05) is 6.92 Å². The largest absolute Gasteiger partial charge is 0.481 e. The van der Waals surface area contributed by atoms with Crippen LogP contribution in [0.25, 0.3) is 0 Å². The van der Waals surface area contributed by atoms with E-state index in [1.54, 1.807) is 6.92 Å². The normalized spacial score (nSPS) is 12.1. The minimum atomic E-state index is -1.10. The molecule has 1 aromatic rings. The number of pyridine rings is 1. The number of nitro groups is 1. The molecule has 0 aliphatic heterocycles. The molecule has 1 heterocycles. The Labute approximate surface area is 85.7 Å². The maximum atomic E-state index is 10.8. The Bertz CT molecular complexity index is 391. The van der Waals surface area contributed by atoms with Gasteiger partial charge in [0, 0.05) is 12.3 Å². The topological polar surface area (TPSA) is 93.3 Å². The summed E-state index contributed by atoms with van der Waals surface area (Å²) in [5, 5.41) is 19.5. The Balaban J connectivity index is 3.22. The first kappa shape index (κ1) is 11.1. The van der Waals surface area contributed by atoms with E-state index in [4.69, 9.17) is 5.11 Å². The molecule has 6 nitrogen and oxygen atoms in total. The van der Waals surface area contributed by atoms with Crippen LogP contribution < -0.4 is 0 Å². The number of rotatable bonds is 4. The number of aromatic nitrogens is 1. The van der Waals surface area contributed by atoms with Gasteiger partial charge < -0.3 is 5.11 Å². The van der Waals surface area contributed by atoms with E-state index in [0.29, 0.717) is 0 Å². The molecule has 0 aromatic carbocycles. The van der Waals surface area contributed by atoms with Gasteiger partial charge in [-0.05, 0) is 12.5 Å². The van der Waals surface area contributed by atoms with E-state index in [-0.39, 0.29) is 17.8 Å². The van der Waals surface area contributed by atoms with E-state index >= 15 is 0 Å². The fourth-order valence-corrected chi connectivity index (χ4v) is 1.32. The molecular formula is C9H10N2O4. The van der Waals surface area contributed by atoms with Gasteiger partial charge >= 0.3 is 5.97 Å². The highest BCUT2D eigenvalue weighted by Gasteiger charge is 2.27. The van der Waals surface area contributed by atoms with Gasteiger partial charge in [0.05, 0.1) is 4.92 Å². The summed E-state index contributed by atoms with van der Waals surface area (Å²) in [6.45, 7) is 1.65. The van der Waals surface area contributed by atoms with Crippen LogP contribution in [0.2, 0.25) is 0 Å². The molecule has 1 N–H and O–H groups in total. The van der Waals surface area contributed by atoms with Crippen molar-refractivity contribution < 1.29 is 14.8 Å². The lowest BCUT2D eigenvalue weighted by Crippen LogP contribution is -2.14. The molecule has 0 radical (unpaired) electrons. The number of hydrogen-bond acceptors (Lipinski definition) is 4. The van der Waals surface area contributed by atoms with Crippen molar-refractivity contribution in [1.82, 2.24) is 4.98 Å². The summed E-state index contributed by atoms with van der Waals surface area (Å²) in [7, 11) is 0. The third-order valence-electron chi connectivity index (χ3n) is 2.05. The molecule has 0 aliphatic carbocycles. The second-order valence-electron chi connectivity index (χ2n) is 2.96. The summed E-state index contributed by atoms with van der Waals surface area (Å²) in [5.74, 6) is -2.02. The van der Waals surface area contributed by atoms with Crippen LogP contribution in [-0.2, 0) is 4.79 Å². The summed E-state index contributed by atoms with van der Waals surface area (Å²) in [6, 6.07) is 2.67. The Kier molecular flexibility index (Phi) is 3.33. The molecule has 1 aromatic heterocycles. The first-order chi connectivity index (χ1) is 7.07. The molecule has 0 aliphatic rings. The fraction of sp³-hybridized carbons (Fsp3) is 0.333. The highest BCUT2D eigenvalue weighted by Crippen LogP contribution is 2.26. The molecule has 15 heavy (non-hydrogen) atoms. The van der Waals surface area contributed by atoms with E-state index in [0.717, 1.165) is 0 Å². The minimum absolute atomic E-state index is 0.0116. The fourth-order valence-electron chi connectivity index (χ4n) is 1.32. The zero-order valence-corrected chi connectivity index (χ0v) is 8.08. The lowest BCUT2D eigenvalue weighted by molar-refractivity contribution is -0.386. The number of carbonyl (C=O) groups is 1. The number of nitrogens with zero attached hydrogens (tertiary/aromatic N) is 2. The van der Waals surface area contributed by atoms with E-state index < -0.39 is 16.8 Å². The summed E-state index contributed by atoms with van der Waals surface area (Å²) in [6.07, 6.45) is 1.63. The highest BCUT2D eigenvalue weighted by molar-refractivity contribution is 5.76. The van der Waals surface area contributed by atoms with E-state index in [2.05, 4.69) is 4.98 Å². The quantitative estimate of drug-likeness (QED) is 0.601. The average Bonchev–Trinajstić information content (AvgIpc) is 2.18. The van der Waals surface area contributed by atoms with Crippen molar-refractivity contribution in [3.8, 4) is 0 Å². The molecular weight excluding hydrogens is 200 g/mol. The highest BCUT2D eigenvalue weighted by atomic mass is 16.6. The van der Waals surface area contributed by atoms with Crippen molar-refractivity contribution in [3.05, 3.63) is 34.1 Å². The summed E-state index contributed by atoms with van der Waals surface area (Å²) in [5.41, 5.74) is -0.232. The number of carboxylic acids is 1. The first-order valence-electron chi connectivity index (χ1n) is 4.40. The monoisotopic (exact) mass is 210 g/mol. The van der Waals surface area contributed by atoms with Gasteiger partial charge in [-0.2, -0.15) is 0 Å². The van der Waals surface area contributed by atoms with Crippen molar-refractivity contribution >= 4 is 11.7 Å². The maximum absolute atomic E-state index is 10.8. The lowest BCUT2D eigenvalue weighted by Gasteiger charge is -2.08. The van der Waals surface area contributed by atoms with Crippen LogP contribution in [0, 0.1) is 10.1 Å². The van der Waals surface area contributed by atoms with Crippen molar-refractivity contribution in [2.45, 2.75) is 19.3 Å². The van der Waals surface area contributed by atoms with Crippen molar-refractivity contribution in [2.24, 2.45) is 0 Å². The summed E-state index contributed by atoms with van der Waals surface area (Å²) < 4.78 is 0. The molecule has 0 bridgehead atoms. The SMILES string of the molecule is CCC(C(=O)O)c1ncccc1[N+](=O)[O-]. The minimum Gasteiger partial charge on any atom is -0.481 e. The standard InChI is InChI=1S/C9H10N2O4/c1-2-6(9(12)13)8-7(11(14)15)4-3-5-10-8/h3-6H,2H2,1H3,(H,12,13). The molecule has 1 rings (SSSR count). The number of carboxylic acid groups (broad SMARTS) is 1. The Morgan fingerprint density at radius 1 is 1.73 bits per heavy atom. The number of aliphatic carboxylic acids is 1. The van der Waals surface area contributed by atoms with Gasteiger partial charge in [0.1, 0.15) is 11.6 Å². The summed E-state index contributed by atoms with van der Waals surface area (Å²) in [4.78, 5) is 24.6. The molecule has 80 valence electrons. The lowest BCUT2D eigenvalue weighted by atomic mass is 10.0. The first-order valence-corrected chi connectivity index (χ1v) is 4.40. The second-order valence-corrected chi connectivity index (χ2v) is 2.96. The Morgan fingerprint density at radius 2 is 2.40 bits per heavy atom. The van der Waals surface area contributed by atoms with Crippen molar-refractivity contribution in [3.63, 3.8) is 0 Å². The molecule has 6 heteroatoms. The van der Waals surface area contributed by atoms with Crippen LogP contribution >= 0.6 is 0 Å². The predicted octanol–water partition coefficient (Wildman–Crippen LogP) is 1.57. The summed E-state index contributed by atoms with van der Waals surface area (Å²) >= 11 is 0. The number of hydrogen-bond donors (Lipinski definition) is 1. The van der Waals surface area contributed by atoms with E-state index in [1.807, 2.05) is 0 Å². The van der Waals surface area contributed by atoms with Crippen LogP contribution in [-0.4, -0.2) is 21.0 Å². The van der Waals surface area contributed by atoms with Gasteiger partial charge in [0.25, 0.3) is 5.69 Å². The average molecular weight is 210 g/mol. The van der Waals surface area contributed by atoms with Crippen LogP contribution in [0.4, 0.5) is 5.69 Å². The van der Waals surface area contributed by atoms with Gasteiger partial charge in [0.2, 0.25) is 0 Å². The molecule has 0 amide bonds. The Hall–Kier alpha value is -1.98. The van der Waals surface area contributed by atoms with Crippen LogP contribution in [0.5, 0.6) is 0 Å². The van der Waals surface area contributed by atoms with Gasteiger partial charge in [-0.25, -0.2) is 0 Å². The van der Waals surface area contributed by atoms with Crippen molar-refractivity contribution in [2.75, 3.05) is 0 Å². The zero-order valence-electron chi connectivity index (χ0n) is 8.08. The third-order valence-corrected chi connectivity index (χ3v) is 2.05. The molecule has 1 atom stereocenters. The molecule has 0 saturated carbocycles. The van der Waals surface area contributed by atoms with Gasteiger partial charge in [-0.3, -0.25) is 19.9 Å². The molecule has 0 spiro atoms. The molecule has 0 fully saturated rings. The molecule has 1 unspecified atom stereocenters. The van der Waals surface area contributed by atoms with E-state index in [1.165, 1.54) is 18.3 Å². The predicted molar refractivity (Wildman–Crippen MR) is 51.6 cm³/mol. The van der Waals surface area contributed by atoms with Crippen LogP contribution in [0.1, 0.15) is 25.0 Å².